The molecular weight excluding hydrogens is 384 g/mol. The first-order valence-electron chi connectivity index (χ1n) is 8.45. The molecule has 0 atom stereocenters. The summed E-state index contributed by atoms with van der Waals surface area (Å²) in [6, 6.07) is 8.69. The van der Waals surface area contributed by atoms with Crippen molar-refractivity contribution in [2.75, 3.05) is 26.6 Å². The fourth-order valence-corrected chi connectivity index (χ4v) is 3.78. The number of carbonyl (C=O) groups is 1. The van der Waals surface area contributed by atoms with Crippen LogP contribution in [0.15, 0.2) is 41.3 Å². The second-order valence-corrected chi connectivity index (χ2v) is 7.88. The molecule has 2 rings (SSSR count). The zero-order valence-corrected chi connectivity index (χ0v) is 17.2. The van der Waals surface area contributed by atoms with Gasteiger partial charge in [-0.3, -0.25) is 4.79 Å². The molecule has 0 aliphatic carbocycles. The van der Waals surface area contributed by atoms with Crippen LogP contribution in [-0.4, -0.2) is 41.7 Å². The fourth-order valence-electron chi connectivity index (χ4n) is 2.50. The Bertz CT molecular complexity index is 957. The summed E-state index contributed by atoms with van der Waals surface area (Å²) < 4.78 is 42.9. The Balaban J connectivity index is 2.37. The van der Waals surface area contributed by atoms with E-state index in [1.165, 1.54) is 45.6 Å². The number of nitrogens with one attached hydrogen (secondary N) is 2. The van der Waals surface area contributed by atoms with Crippen LogP contribution in [0.1, 0.15) is 24.2 Å². The van der Waals surface area contributed by atoms with E-state index in [4.69, 9.17) is 14.2 Å². The van der Waals surface area contributed by atoms with Gasteiger partial charge in [0.25, 0.3) is 5.91 Å². The summed E-state index contributed by atoms with van der Waals surface area (Å²) in [6.07, 6.45) is 0. The summed E-state index contributed by atoms with van der Waals surface area (Å²) >= 11 is 0. The Morgan fingerprint density at radius 2 is 1.50 bits per heavy atom. The van der Waals surface area contributed by atoms with Crippen molar-refractivity contribution in [2.45, 2.75) is 24.8 Å². The molecule has 0 spiro atoms. The number of amides is 1. The second kappa shape index (κ2) is 8.94. The van der Waals surface area contributed by atoms with Gasteiger partial charge in [0, 0.05) is 11.6 Å². The fraction of sp³-hybridized carbons (Fsp3) is 0.316. The highest BCUT2D eigenvalue weighted by Gasteiger charge is 2.19. The lowest BCUT2D eigenvalue weighted by Crippen LogP contribution is -2.30. The first-order valence-corrected chi connectivity index (χ1v) is 9.94. The lowest BCUT2D eigenvalue weighted by atomic mass is 10.1. The maximum atomic E-state index is 12.7. The third-order valence-corrected chi connectivity index (χ3v) is 5.42. The van der Waals surface area contributed by atoms with Crippen molar-refractivity contribution in [1.29, 1.82) is 0 Å². The SMILES string of the molecule is COc1ccc(S(=O)(=O)NC(C)C)cc1NC(=O)c1ccc(OC)c(OC)c1. The third kappa shape index (κ3) is 4.93. The Morgan fingerprint density at radius 1 is 0.893 bits per heavy atom. The number of ether oxygens (including phenoxy) is 3. The molecule has 0 saturated carbocycles. The maximum absolute atomic E-state index is 12.7. The molecule has 0 saturated heterocycles. The zero-order chi connectivity index (χ0) is 20.9. The summed E-state index contributed by atoms with van der Waals surface area (Å²) in [5.74, 6) is 0.770. The largest absolute Gasteiger partial charge is 0.495 e. The minimum absolute atomic E-state index is 0.0182. The summed E-state index contributed by atoms with van der Waals surface area (Å²) in [6.45, 7) is 3.45. The summed E-state index contributed by atoms with van der Waals surface area (Å²) in [5, 5.41) is 2.68. The van der Waals surface area contributed by atoms with Gasteiger partial charge in [0.1, 0.15) is 5.75 Å². The number of benzene rings is 2. The van der Waals surface area contributed by atoms with Gasteiger partial charge in [-0.25, -0.2) is 13.1 Å². The molecule has 0 aromatic heterocycles. The van der Waals surface area contributed by atoms with E-state index in [-0.39, 0.29) is 16.6 Å². The van der Waals surface area contributed by atoms with Gasteiger partial charge in [0.15, 0.2) is 11.5 Å². The van der Waals surface area contributed by atoms with Crippen LogP contribution in [0.5, 0.6) is 17.2 Å². The molecule has 2 aromatic carbocycles. The van der Waals surface area contributed by atoms with Crippen LogP contribution in [0.3, 0.4) is 0 Å². The lowest BCUT2D eigenvalue weighted by Gasteiger charge is -2.14. The number of anilines is 1. The van der Waals surface area contributed by atoms with Crippen LogP contribution in [0, 0.1) is 0 Å². The lowest BCUT2D eigenvalue weighted by molar-refractivity contribution is 0.102. The van der Waals surface area contributed by atoms with Gasteiger partial charge in [0.05, 0.1) is 31.9 Å². The quantitative estimate of drug-likeness (QED) is 0.696. The van der Waals surface area contributed by atoms with Gasteiger partial charge in [-0.1, -0.05) is 0 Å². The number of carbonyl (C=O) groups excluding carboxylic acids is 1. The molecule has 0 bridgehead atoms. The number of hydrogen-bond donors (Lipinski definition) is 2. The molecule has 0 heterocycles. The molecule has 28 heavy (non-hydrogen) atoms. The van der Waals surface area contributed by atoms with Crippen molar-refractivity contribution in [1.82, 2.24) is 4.72 Å². The van der Waals surface area contributed by atoms with Crippen molar-refractivity contribution >= 4 is 21.6 Å². The number of hydrogen-bond acceptors (Lipinski definition) is 6. The van der Waals surface area contributed by atoms with Gasteiger partial charge in [-0.15, -0.1) is 0 Å². The van der Waals surface area contributed by atoms with Crippen LogP contribution in [0.4, 0.5) is 5.69 Å². The second-order valence-electron chi connectivity index (χ2n) is 6.16. The Hall–Kier alpha value is -2.78. The zero-order valence-electron chi connectivity index (χ0n) is 16.4. The van der Waals surface area contributed by atoms with Crippen molar-refractivity contribution < 1.29 is 27.4 Å². The van der Waals surface area contributed by atoms with Crippen LogP contribution in [0.25, 0.3) is 0 Å². The standard InChI is InChI=1S/C19H24N2O6S/c1-12(2)21-28(23,24)14-7-9-16(25-3)15(11-14)20-19(22)13-6-8-17(26-4)18(10-13)27-5/h6-12,21H,1-5H3,(H,20,22). The normalized spacial score (nSPS) is 11.2. The van der Waals surface area contributed by atoms with E-state index >= 15 is 0 Å². The number of methoxy groups -OCH3 is 3. The molecule has 8 nitrogen and oxygen atoms in total. The molecule has 0 unspecified atom stereocenters. The predicted octanol–water partition coefficient (Wildman–Crippen LogP) is 2.65. The van der Waals surface area contributed by atoms with Gasteiger partial charge in [0.2, 0.25) is 10.0 Å². The topological polar surface area (TPSA) is 103 Å². The van der Waals surface area contributed by atoms with E-state index in [0.717, 1.165) is 0 Å². The van der Waals surface area contributed by atoms with Gasteiger partial charge in [-0.05, 0) is 50.2 Å². The van der Waals surface area contributed by atoms with Crippen molar-refractivity contribution in [3.63, 3.8) is 0 Å². The van der Waals surface area contributed by atoms with Gasteiger partial charge < -0.3 is 19.5 Å². The molecule has 152 valence electrons. The predicted molar refractivity (Wildman–Crippen MR) is 106 cm³/mol. The van der Waals surface area contributed by atoms with Crippen LogP contribution < -0.4 is 24.2 Å². The molecule has 0 radical (unpaired) electrons. The molecule has 2 N–H and O–H groups in total. The highest BCUT2D eigenvalue weighted by Crippen LogP contribution is 2.30. The first-order chi connectivity index (χ1) is 13.2. The number of rotatable bonds is 8. The summed E-state index contributed by atoms with van der Waals surface area (Å²) in [5.41, 5.74) is 0.544. The van der Waals surface area contributed by atoms with E-state index < -0.39 is 15.9 Å². The maximum Gasteiger partial charge on any atom is 0.255 e. The van der Waals surface area contributed by atoms with Gasteiger partial charge >= 0.3 is 0 Å². The van der Waals surface area contributed by atoms with Crippen molar-refractivity contribution in [3.05, 3.63) is 42.0 Å². The Labute approximate surface area is 164 Å². The molecule has 2 aromatic rings. The van der Waals surface area contributed by atoms with Crippen molar-refractivity contribution in [2.24, 2.45) is 0 Å². The Morgan fingerprint density at radius 3 is 2.07 bits per heavy atom. The molecule has 0 fully saturated rings. The van der Waals surface area contributed by atoms with Crippen molar-refractivity contribution in [3.8, 4) is 17.2 Å². The third-order valence-electron chi connectivity index (χ3n) is 3.77. The highest BCUT2D eigenvalue weighted by molar-refractivity contribution is 7.89. The van der Waals surface area contributed by atoms with E-state index in [0.29, 0.717) is 22.8 Å². The monoisotopic (exact) mass is 408 g/mol. The van der Waals surface area contributed by atoms with Gasteiger partial charge in [-0.2, -0.15) is 0 Å². The van der Waals surface area contributed by atoms with E-state index in [1.807, 2.05) is 0 Å². The number of sulfonamides is 1. The highest BCUT2D eigenvalue weighted by atomic mass is 32.2. The summed E-state index contributed by atoms with van der Waals surface area (Å²) in [7, 11) is 0.682. The van der Waals surface area contributed by atoms with Crippen LogP contribution in [-0.2, 0) is 10.0 Å². The molecule has 0 aliphatic heterocycles. The van der Waals surface area contributed by atoms with E-state index in [1.54, 1.807) is 26.0 Å². The van der Waals surface area contributed by atoms with E-state index in [2.05, 4.69) is 10.0 Å². The summed E-state index contributed by atoms with van der Waals surface area (Å²) in [4.78, 5) is 12.7. The molecular formula is C19H24N2O6S. The molecule has 1 amide bonds. The average Bonchev–Trinajstić information content (AvgIpc) is 2.66. The smallest absolute Gasteiger partial charge is 0.255 e. The minimum Gasteiger partial charge on any atom is -0.495 e. The molecule has 9 heteroatoms. The van der Waals surface area contributed by atoms with E-state index in [9.17, 15) is 13.2 Å². The molecule has 0 aliphatic rings. The Kier molecular flexibility index (Phi) is 6.87. The minimum atomic E-state index is -3.72. The average molecular weight is 408 g/mol. The van der Waals surface area contributed by atoms with Crippen LogP contribution >= 0.6 is 0 Å². The van der Waals surface area contributed by atoms with Crippen LogP contribution in [0.2, 0.25) is 0 Å². The first kappa shape index (κ1) is 21.5.